The molecule has 5 heteroatoms. The number of anilines is 1. The molecule has 3 aromatic rings. The van der Waals surface area contributed by atoms with Crippen LogP contribution in [0.25, 0.3) is 5.69 Å². The zero-order chi connectivity index (χ0) is 20.7. The summed E-state index contributed by atoms with van der Waals surface area (Å²) in [5.74, 6) is -0.110. The van der Waals surface area contributed by atoms with E-state index in [1.807, 2.05) is 63.2 Å². The number of rotatable bonds is 4. The molecule has 1 aromatic heterocycles. The molecule has 0 saturated carbocycles. The van der Waals surface area contributed by atoms with Crippen LogP contribution in [0.1, 0.15) is 57.6 Å². The minimum atomic E-state index is -0.523. The van der Waals surface area contributed by atoms with E-state index in [0.717, 1.165) is 34.5 Å². The Kier molecular flexibility index (Phi) is 4.82. The van der Waals surface area contributed by atoms with Gasteiger partial charge < -0.3 is 5.32 Å². The van der Waals surface area contributed by atoms with Crippen molar-refractivity contribution in [3.8, 4) is 5.69 Å². The van der Waals surface area contributed by atoms with Gasteiger partial charge >= 0.3 is 0 Å². The lowest BCUT2D eigenvalue weighted by Gasteiger charge is -2.23. The summed E-state index contributed by atoms with van der Waals surface area (Å²) in [6.07, 6.45) is 1.06. The average molecular weight is 387 g/mol. The van der Waals surface area contributed by atoms with Gasteiger partial charge in [0.25, 0.3) is 0 Å². The smallest absolute Gasteiger partial charge is 0.226 e. The summed E-state index contributed by atoms with van der Waals surface area (Å²) >= 11 is 0. The van der Waals surface area contributed by atoms with Gasteiger partial charge in [0, 0.05) is 17.5 Å². The minimum Gasteiger partial charge on any atom is -0.310 e. The van der Waals surface area contributed by atoms with Gasteiger partial charge in [0.15, 0.2) is 5.78 Å². The molecule has 148 valence electrons. The van der Waals surface area contributed by atoms with Gasteiger partial charge in [0.2, 0.25) is 5.91 Å². The number of aryl methyl sites for hydroxylation is 3. The Hall–Kier alpha value is -3.21. The topological polar surface area (TPSA) is 64.0 Å². The van der Waals surface area contributed by atoms with Crippen molar-refractivity contribution in [3.63, 3.8) is 0 Å². The molecule has 0 bridgehead atoms. The number of nitrogens with zero attached hydrogens (tertiary/aromatic N) is 2. The van der Waals surface area contributed by atoms with Crippen molar-refractivity contribution in [1.82, 2.24) is 9.78 Å². The molecular formula is C24H25N3O2. The molecule has 2 aromatic carbocycles. The minimum absolute atomic E-state index is 0.0348. The summed E-state index contributed by atoms with van der Waals surface area (Å²) < 4.78 is 1.77. The van der Waals surface area contributed by atoms with Crippen molar-refractivity contribution >= 4 is 17.5 Å². The molecule has 0 unspecified atom stereocenters. The normalized spacial score (nSPS) is 15.7. The van der Waals surface area contributed by atoms with E-state index in [1.165, 1.54) is 5.56 Å². The summed E-state index contributed by atoms with van der Waals surface area (Å²) in [6.45, 7) is 8.07. The van der Waals surface area contributed by atoms with Crippen LogP contribution in [0.2, 0.25) is 0 Å². The first-order valence-corrected chi connectivity index (χ1v) is 9.99. The van der Waals surface area contributed by atoms with Gasteiger partial charge in [-0.3, -0.25) is 9.59 Å². The van der Waals surface area contributed by atoms with E-state index in [4.69, 9.17) is 5.10 Å². The Morgan fingerprint density at radius 1 is 1.14 bits per heavy atom. The van der Waals surface area contributed by atoms with E-state index < -0.39 is 5.92 Å². The predicted octanol–water partition coefficient (Wildman–Crippen LogP) is 4.67. The number of aromatic nitrogens is 2. The van der Waals surface area contributed by atoms with Crippen LogP contribution in [-0.2, 0) is 11.2 Å². The van der Waals surface area contributed by atoms with Gasteiger partial charge in [-0.2, -0.15) is 5.10 Å². The van der Waals surface area contributed by atoms with E-state index in [-0.39, 0.29) is 18.1 Å². The lowest BCUT2D eigenvalue weighted by Crippen LogP contribution is -2.28. The summed E-state index contributed by atoms with van der Waals surface area (Å²) in [5.41, 5.74) is 6.55. The largest absolute Gasteiger partial charge is 0.310 e. The lowest BCUT2D eigenvalue weighted by atomic mass is 9.85. The number of Topliss-reactive ketones (excluding diaryl/α,β-unsaturated/α-hetero) is 1. The van der Waals surface area contributed by atoms with Gasteiger partial charge in [0.1, 0.15) is 5.82 Å². The van der Waals surface area contributed by atoms with Crippen LogP contribution in [0.5, 0.6) is 0 Å². The molecule has 0 fully saturated rings. The number of ketones is 1. The van der Waals surface area contributed by atoms with Crippen LogP contribution in [0.3, 0.4) is 0 Å². The van der Waals surface area contributed by atoms with Gasteiger partial charge in [-0.05, 0) is 49.9 Å². The number of nitrogens with one attached hydrogen (secondary N) is 1. The van der Waals surface area contributed by atoms with Gasteiger partial charge in [0.05, 0.1) is 17.3 Å². The molecule has 1 aliphatic rings. The van der Waals surface area contributed by atoms with Gasteiger partial charge in [-0.25, -0.2) is 4.68 Å². The molecule has 0 radical (unpaired) electrons. The maximum Gasteiger partial charge on any atom is 0.226 e. The fourth-order valence-corrected chi connectivity index (χ4v) is 4.02. The van der Waals surface area contributed by atoms with Gasteiger partial charge in [-0.15, -0.1) is 0 Å². The second-order valence-corrected chi connectivity index (χ2v) is 7.70. The van der Waals surface area contributed by atoms with Crippen molar-refractivity contribution in [2.45, 2.75) is 46.5 Å². The van der Waals surface area contributed by atoms with Crippen LogP contribution in [0, 0.1) is 20.8 Å². The summed E-state index contributed by atoms with van der Waals surface area (Å²) in [5, 5.41) is 7.66. The van der Waals surface area contributed by atoms with Crippen molar-refractivity contribution < 1.29 is 9.59 Å². The fraction of sp³-hybridized carbons (Fsp3) is 0.292. The number of fused-ring (bicyclic) bond motifs is 1. The summed E-state index contributed by atoms with van der Waals surface area (Å²) in [6, 6.07) is 13.7. The maximum atomic E-state index is 13.3. The van der Waals surface area contributed by atoms with E-state index in [1.54, 1.807) is 4.68 Å². The fourth-order valence-electron chi connectivity index (χ4n) is 4.02. The predicted molar refractivity (Wildman–Crippen MR) is 114 cm³/mol. The van der Waals surface area contributed by atoms with E-state index in [0.29, 0.717) is 11.4 Å². The highest BCUT2D eigenvalue weighted by Gasteiger charge is 2.36. The highest BCUT2D eigenvalue weighted by Crippen LogP contribution is 2.38. The Bertz CT molecular complexity index is 1110. The number of carbonyl (C=O) groups is 2. The van der Waals surface area contributed by atoms with E-state index >= 15 is 0 Å². The van der Waals surface area contributed by atoms with Crippen LogP contribution >= 0.6 is 0 Å². The molecule has 0 spiro atoms. The number of carbonyl (C=O) groups excluding carboxylic acids is 2. The number of amides is 1. The molecule has 0 aliphatic carbocycles. The van der Waals surface area contributed by atoms with E-state index in [9.17, 15) is 9.59 Å². The standard InChI is InChI=1S/C24H25N3O2/c1-5-17-9-11-18(12-10-17)23(29)19-13-21(28)25-24-22(19)16(4)26-27(24)20-8-6-7-14(2)15(20)3/h6-12,19H,5,13H2,1-4H3,(H,25,28)/t19-/m1/s1. The molecule has 1 aliphatic heterocycles. The quantitative estimate of drug-likeness (QED) is 0.662. The van der Waals surface area contributed by atoms with E-state index in [2.05, 4.69) is 12.2 Å². The number of hydrogen-bond acceptors (Lipinski definition) is 3. The SMILES string of the molecule is CCc1ccc(C(=O)[C@@H]2CC(=O)Nc3c2c(C)nn3-c2cccc(C)c2C)cc1. The molecular weight excluding hydrogens is 362 g/mol. The Labute approximate surface area is 170 Å². The van der Waals surface area contributed by atoms with Crippen molar-refractivity contribution in [2.24, 2.45) is 0 Å². The maximum absolute atomic E-state index is 13.3. The molecule has 0 saturated heterocycles. The molecule has 1 atom stereocenters. The highest BCUT2D eigenvalue weighted by atomic mass is 16.2. The highest BCUT2D eigenvalue weighted by molar-refractivity contribution is 6.08. The third kappa shape index (κ3) is 3.27. The van der Waals surface area contributed by atoms with Crippen molar-refractivity contribution in [2.75, 3.05) is 5.32 Å². The third-order valence-electron chi connectivity index (χ3n) is 5.87. The Morgan fingerprint density at radius 3 is 2.55 bits per heavy atom. The average Bonchev–Trinajstić information content (AvgIpc) is 3.05. The zero-order valence-electron chi connectivity index (χ0n) is 17.2. The first-order chi connectivity index (χ1) is 13.9. The zero-order valence-corrected chi connectivity index (χ0v) is 17.2. The summed E-state index contributed by atoms with van der Waals surface area (Å²) in [7, 11) is 0. The molecule has 2 heterocycles. The second-order valence-electron chi connectivity index (χ2n) is 7.70. The first-order valence-electron chi connectivity index (χ1n) is 9.99. The van der Waals surface area contributed by atoms with Gasteiger partial charge in [-0.1, -0.05) is 43.3 Å². The molecule has 1 amide bonds. The third-order valence-corrected chi connectivity index (χ3v) is 5.87. The lowest BCUT2D eigenvalue weighted by molar-refractivity contribution is -0.116. The first kappa shape index (κ1) is 19.1. The molecule has 5 nitrogen and oxygen atoms in total. The Balaban J connectivity index is 1.81. The van der Waals surface area contributed by atoms with Crippen LogP contribution in [0.15, 0.2) is 42.5 Å². The molecule has 1 N–H and O–H groups in total. The summed E-state index contributed by atoms with van der Waals surface area (Å²) in [4.78, 5) is 25.8. The van der Waals surface area contributed by atoms with Crippen LogP contribution in [-0.4, -0.2) is 21.5 Å². The monoisotopic (exact) mass is 387 g/mol. The molecule has 29 heavy (non-hydrogen) atoms. The van der Waals surface area contributed by atoms with Crippen LogP contribution < -0.4 is 5.32 Å². The van der Waals surface area contributed by atoms with Crippen molar-refractivity contribution in [3.05, 3.63) is 76.0 Å². The Morgan fingerprint density at radius 2 is 1.86 bits per heavy atom. The number of benzene rings is 2. The molecule has 4 rings (SSSR count). The van der Waals surface area contributed by atoms with Crippen molar-refractivity contribution in [1.29, 1.82) is 0 Å². The van der Waals surface area contributed by atoms with Crippen LogP contribution in [0.4, 0.5) is 5.82 Å². The number of hydrogen-bond donors (Lipinski definition) is 1. The second kappa shape index (κ2) is 7.32.